The van der Waals surface area contributed by atoms with E-state index in [9.17, 15) is 17.6 Å². The topological polar surface area (TPSA) is 72.3 Å². The molecule has 0 saturated carbocycles. The second kappa shape index (κ2) is 6.95. The fourth-order valence-electron chi connectivity index (χ4n) is 2.97. The molecular weight excluding hydrogens is 345 g/mol. The van der Waals surface area contributed by atoms with Gasteiger partial charge in [-0.05, 0) is 36.6 Å². The van der Waals surface area contributed by atoms with E-state index in [1.807, 2.05) is 0 Å². The molecule has 1 aliphatic heterocycles. The van der Waals surface area contributed by atoms with Gasteiger partial charge in [-0.2, -0.15) is 5.10 Å². The molecule has 2 aromatic rings. The van der Waals surface area contributed by atoms with Gasteiger partial charge < -0.3 is 4.90 Å². The maximum absolute atomic E-state index is 13.0. The Morgan fingerprint density at radius 2 is 2.08 bits per heavy atom. The lowest BCUT2D eigenvalue weighted by Crippen LogP contribution is -2.28. The van der Waals surface area contributed by atoms with Gasteiger partial charge in [-0.1, -0.05) is 0 Å². The smallest absolute Gasteiger partial charge is 0.222 e. The lowest BCUT2D eigenvalue weighted by molar-refractivity contribution is -0.131. The second-order valence-corrected chi connectivity index (χ2v) is 8.72. The second-order valence-electron chi connectivity index (χ2n) is 6.49. The first-order valence-corrected chi connectivity index (χ1v) is 9.88. The summed E-state index contributed by atoms with van der Waals surface area (Å²) in [5, 5.41) is 4.23. The van der Waals surface area contributed by atoms with Gasteiger partial charge in [0, 0.05) is 31.8 Å². The highest BCUT2D eigenvalue weighted by Crippen LogP contribution is 2.22. The van der Waals surface area contributed by atoms with Crippen molar-refractivity contribution in [3.63, 3.8) is 0 Å². The van der Waals surface area contributed by atoms with Crippen molar-refractivity contribution in [3.05, 3.63) is 48.0 Å². The number of carbonyl (C=O) groups excluding carboxylic acids is 1. The Bertz CT molecular complexity index is 862. The normalized spacial score (nSPS) is 19.0. The molecule has 0 radical (unpaired) electrons. The minimum atomic E-state index is -2.97. The van der Waals surface area contributed by atoms with Crippen LogP contribution < -0.4 is 0 Å². The van der Waals surface area contributed by atoms with E-state index in [-0.39, 0.29) is 35.6 Å². The Morgan fingerprint density at radius 1 is 1.36 bits per heavy atom. The molecule has 3 rings (SSSR count). The van der Waals surface area contributed by atoms with E-state index in [1.54, 1.807) is 41.2 Å². The van der Waals surface area contributed by atoms with Crippen molar-refractivity contribution in [1.82, 2.24) is 14.7 Å². The van der Waals surface area contributed by atoms with Crippen molar-refractivity contribution < 1.29 is 17.6 Å². The summed E-state index contributed by atoms with van der Waals surface area (Å²) in [4.78, 5) is 13.9. The third-order valence-corrected chi connectivity index (χ3v) is 6.20. The summed E-state index contributed by atoms with van der Waals surface area (Å²) in [5.41, 5.74) is 1.58. The maximum Gasteiger partial charge on any atom is 0.222 e. The average Bonchev–Trinajstić information content (AvgIpc) is 3.14. The Morgan fingerprint density at radius 3 is 2.72 bits per heavy atom. The predicted molar refractivity (Wildman–Crippen MR) is 91.4 cm³/mol. The van der Waals surface area contributed by atoms with Crippen molar-refractivity contribution in [3.8, 4) is 5.69 Å². The third kappa shape index (κ3) is 4.45. The summed E-state index contributed by atoms with van der Waals surface area (Å²) >= 11 is 0. The Balaban J connectivity index is 1.58. The van der Waals surface area contributed by atoms with Crippen LogP contribution in [0.3, 0.4) is 0 Å². The molecule has 1 amide bonds. The molecule has 8 heteroatoms. The van der Waals surface area contributed by atoms with E-state index in [0.717, 1.165) is 11.3 Å². The number of sulfone groups is 1. The molecule has 1 aromatic heterocycles. The van der Waals surface area contributed by atoms with Gasteiger partial charge in [0.25, 0.3) is 0 Å². The van der Waals surface area contributed by atoms with Crippen molar-refractivity contribution in [2.45, 2.75) is 19.4 Å². The summed E-state index contributed by atoms with van der Waals surface area (Å²) in [5.74, 6) is -0.178. The number of halogens is 1. The number of aromatic nitrogens is 2. The van der Waals surface area contributed by atoms with Gasteiger partial charge in [0.1, 0.15) is 5.82 Å². The molecule has 1 fully saturated rings. The van der Waals surface area contributed by atoms with Gasteiger partial charge >= 0.3 is 0 Å². The van der Waals surface area contributed by atoms with E-state index < -0.39 is 9.84 Å². The van der Waals surface area contributed by atoms with Crippen LogP contribution in [0.5, 0.6) is 0 Å². The van der Waals surface area contributed by atoms with Crippen molar-refractivity contribution in [2.24, 2.45) is 5.92 Å². The van der Waals surface area contributed by atoms with Crippen molar-refractivity contribution >= 4 is 15.7 Å². The highest BCUT2D eigenvalue weighted by atomic mass is 32.2. The summed E-state index contributed by atoms with van der Waals surface area (Å²) in [6, 6.07) is 5.98. The van der Waals surface area contributed by atoms with E-state index >= 15 is 0 Å². The highest BCUT2D eigenvalue weighted by molar-refractivity contribution is 7.91. The van der Waals surface area contributed by atoms with Crippen molar-refractivity contribution in [2.75, 3.05) is 18.6 Å². The van der Waals surface area contributed by atoms with Crippen LogP contribution in [0.25, 0.3) is 5.69 Å². The Kier molecular flexibility index (Phi) is 4.89. The highest BCUT2D eigenvalue weighted by Gasteiger charge is 2.30. The third-order valence-electron chi connectivity index (χ3n) is 4.36. The number of rotatable bonds is 5. The molecule has 0 bridgehead atoms. The SMILES string of the molecule is CN(Cc1cnn(-c2ccc(F)cc2)c1)C(=O)C[C@@H]1CCS(=O)(=O)C1. The summed E-state index contributed by atoms with van der Waals surface area (Å²) in [6.07, 6.45) is 4.26. The molecule has 134 valence electrons. The van der Waals surface area contributed by atoms with Crippen LogP contribution in [0.15, 0.2) is 36.7 Å². The van der Waals surface area contributed by atoms with Crippen LogP contribution in [0.2, 0.25) is 0 Å². The molecule has 0 aliphatic carbocycles. The molecule has 1 atom stereocenters. The molecule has 6 nitrogen and oxygen atoms in total. The van der Waals surface area contributed by atoms with Crippen LogP contribution in [0.1, 0.15) is 18.4 Å². The Hall–Kier alpha value is -2.22. The number of hydrogen-bond donors (Lipinski definition) is 0. The van der Waals surface area contributed by atoms with Crippen LogP contribution in [0.4, 0.5) is 4.39 Å². The van der Waals surface area contributed by atoms with Gasteiger partial charge in [-0.25, -0.2) is 17.5 Å². The largest absolute Gasteiger partial charge is 0.341 e. The van der Waals surface area contributed by atoms with E-state index in [2.05, 4.69) is 5.10 Å². The lowest BCUT2D eigenvalue weighted by Gasteiger charge is -2.18. The first-order valence-electron chi connectivity index (χ1n) is 8.06. The van der Waals surface area contributed by atoms with Gasteiger partial charge in [0.05, 0.1) is 23.4 Å². The van der Waals surface area contributed by atoms with E-state index in [1.165, 1.54) is 12.1 Å². The van der Waals surface area contributed by atoms with Crippen molar-refractivity contribution in [1.29, 1.82) is 0 Å². The van der Waals surface area contributed by atoms with Gasteiger partial charge in [0.2, 0.25) is 5.91 Å². The molecule has 0 unspecified atom stereocenters. The molecule has 0 N–H and O–H groups in total. The number of benzene rings is 1. The maximum atomic E-state index is 13.0. The number of amides is 1. The molecule has 2 heterocycles. The number of hydrogen-bond acceptors (Lipinski definition) is 4. The predicted octanol–water partition coefficient (Wildman–Crippen LogP) is 1.79. The monoisotopic (exact) mass is 365 g/mol. The quantitative estimate of drug-likeness (QED) is 0.810. The fourth-order valence-corrected chi connectivity index (χ4v) is 4.84. The molecular formula is C17H20FN3O3S. The summed E-state index contributed by atoms with van der Waals surface area (Å²) in [6.45, 7) is 0.388. The minimum Gasteiger partial charge on any atom is -0.341 e. The summed E-state index contributed by atoms with van der Waals surface area (Å²) in [7, 11) is -1.27. The number of carbonyl (C=O) groups is 1. The van der Waals surface area contributed by atoms with Crippen LogP contribution in [-0.2, 0) is 21.2 Å². The Labute approximate surface area is 146 Å². The molecule has 0 spiro atoms. The van der Waals surface area contributed by atoms with Crippen LogP contribution in [-0.4, -0.2) is 47.6 Å². The number of nitrogens with zero attached hydrogens (tertiary/aromatic N) is 3. The van der Waals surface area contributed by atoms with E-state index in [4.69, 9.17) is 0 Å². The van der Waals surface area contributed by atoms with Crippen LogP contribution >= 0.6 is 0 Å². The average molecular weight is 365 g/mol. The zero-order chi connectivity index (χ0) is 18.0. The molecule has 1 aromatic carbocycles. The first kappa shape index (κ1) is 17.6. The minimum absolute atomic E-state index is 0.0726. The van der Waals surface area contributed by atoms with Gasteiger partial charge in [0.15, 0.2) is 9.84 Å². The van der Waals surface area contributed by atoms with Gasteiger partial charge in [-0.3, -0.25) is 4.79 Å². The molecule has 25 heavy (non-hydrogen) atoms. The summed E-state index contributed by atoms with van der Waals surface area (Å²) < 4.78 is 37.6. The van der Waals surface area contributed by atoms with Gasteiger partial charge in [-0.15, -0.1) is 0 Å². The molecule has 1 aliphatic rings. The fraction of sp³-hybridized carbons (Fsp3) is 0.412. The van der Waals surface area contributed by atoms with Crippen LogP contribution in [0, 0.1) is 11.7 Å². The lowest BCUT2D eigenvalue weighted by atomic mass is 10.0. The first-order chi connectivity index (χ1) is 11.8. The van der Waals surface area contributed by atoms with E-state index in [0.29, 0.717) is 13.0 Å². The molecule has 1 saturated heterocycles. The zero-order valence-electron chi connectivity index (χ0n) is 13.9. The standard InChI is InChI=1S/C17H20FN3O3S/c1-20(17(22)8-13-6-7-25(23,24)12-13)10-14-9-19-21(11-14)16-4-2-15(18)3-5-16/h2-5,9,11,13H,6-8,10,12H2,1H3/t13-/m0/s1. The zero-order valence-corrected chi connectivity index (χ0v) is 14.7.